The molecule has 2 aromatic carbocycles. The molecule has 7 nitrogen and oxygen atoms in total. The Morgan fingerprint density at radius 1 is 0.971 bits per heavy atom. The highest BCUT2D eigenvalue weighted by molar-refractivity contribution is 5.96. The molecule has 0 radical (unpaired) electrons. The van der Waals surface area contributed by atoms with Crippen molar-refractivity contribution in [2.75, 3.05) is 49.5 Å². The van der Waals surface area contributed by atoms with Crippen LogP contribution in [0.2, 0.25) is 0 Å². The van der Waals surface area contributed by atoms with Gasteiger partial charge in [0.2, 0.25) is 0 Å². The van der Waals surface area contributed by atoms with Crippen molar-refractivity contribution >= 4 is 23.4 Å². The third-order valence-electron chi connectivity index (χ3n) is 5.70. The molecule has 2 aromatic rings. The van der Waals surface area contributed by atoms with Crippen LogP contribution in [0.15, 0.2) is 48.5 Å². The van der Waals surface area contributed by atoms with Gasteiger partial charge in [-0.25, -0.2) is 4.79 Å². The molecule has 0 aliphatic carbocycles. The van der Waals surface area contributed by atoms with Gasteiger partial charge in [-0.3, -0.25) is 15.0 Å². The molecule has 7 heteroatoms. The Morgan fingerprint density at radius 3 is 2.41 bits per heavy atom. The Morgan fingerprint density at radius 2 is 1.71 bits per heavy atom. The van der Waals surface area contributed by atoms with E-state index in [0.717, 1.165) is 45.6 Å². The lowest BCUT2D eigenvalue weighted by atomic mass is 10.1. The van der Waals surface area contributed by atoms with E-state index in [1.165, 1.54) is 11.3 Å². The average molecular weight is 467 g/mol. The van der Waals surface area contributed by atoms with Crippen LogP contribution in [0.1, 0.15) is 49.5 Å². The molecule has 1 saturated heterocycles. The zero-order chi connectivity index (χ0) is 24.6. The SMILES string of the molecule is Cc1cccc(N2CCN(CCCCNC(=O)c3cccc(NC(=O)OC(C)(C)C)c3)CC2)c1. The van der Waals surface area contributed by atoms with Crippen LogP contribution in [0.5, 0.6) is 0 Å². The van der Waals surface area contributed by atoms with Gasteiger partial charge in [0.25, 0.3) is 5.91 Å². The highest BCUT2D eigenvalue weighted by Crippen LogP contribution is 2.18. The monoisotopic (exact) mass is 466 g/mol. The minimum atomic E-state index is -0.576. The average Bonchev–Trinajstić information content (AvgIpc) is 2.78. The van der Waals surface area contributed by atoms with E-state index in [0.29, 0.717) is 17.8 Å². The Balaban J connectivity index is 1.33. The summed E-state index contributed by atoms with van der Waals surface area (Å²) in [7, 11) is 0. The maximum absolute atomic E-state index is 12.5. The number of unbranched alkanes of at least 4 members (excludes halogenated alkanes) is 1. The molecule has 0 unspecified atom stereocenters. The molecule has 2 N–H and O–H groups in total. The van der Waals surface area contributed by atoms with E-state index in [2.05, 4.69) is 51.6 Å². The Bertz CT molecular complexity index is 962. The van der Waals surface area contributed by atoms with E-state index in [-0.39, 0.29) is 5.91 Å². The summed E-state index contributed by atoms with van der Waals surface area (Å²) < 4.78 is 5.26. The maximum atomic E-state index is 12.5. The lowest BCUT2D eigenvalue weighted by molar-refractivity contribution is 0.0635. The predicted octanol–water partition coefficient (Wildman–Crippen LogP) is 4.67. The van der Waals surface area contributed by atoms with Crippen LogP contribution < -0.4 is 15.5 Å². The van der Waals surface area contributed by atoms with E-state index < -0.39 is 11.7 Å². The van der Waals surface area contributed by atoms with Crippen LogP contribution in [0.3, 0.4) is 0 Å². The minimum Gasteiger partial charge on any atom is -0.444 e. The number of nitrogens with zero attached hydrogens (tertiary/aromatic N) is 2. The molecule has 3 rings (SSSR count). The largest absolute Gasteiger partial charge is 0.444 e. The molecular formula is C27H38N4O3. The van der Waals surface area contributed by atoms with Crippen molar-refractivity contribution in [3.8, 4) is 0 Å². The topological polar surface area (TPSA) is 73.9 Å². The summed E-state index contributed by atoms with van der Waals surface area (Å²) in [6.07, 6.45) is 1.44. The molecule has 0 spiro atoms. The molecule has 2 amide bonds. The summed E-state index contributed by atoms with van der Waals surface area (Å²) in [5, 5.41) is 5.65. The van der Waals surface area contributed by atoms with Gasteiger partial charge in [-0.1, -0.05) is 18.2 Å². The Kier molecular flexibility index (Phi) is 8.93. The lowest BCUT2D eigenvalue weighted by Gasteiger charge is -2.36. The van der Waals surface area contributed by atoms with Crippen LogP contribution in [0.4, 0.5) is 16.2 Å². The first-order valence-electron chi connectivity index (χ1n) is 12.1. The smallest absolute Gasteiger partial charge is 0.412 e. The van der Waals surface area contributed by atoms with Crippen molar-refractivity contribution in [3.05, 3.63) is 59.7 Å². The van der Waals surface area contributed by atoms with E-state index in [1.807, 2.05) is 20.8 Å². The van der Waals surface area contributed by atoms with Gasteiger partial charge >= 0.3 is 6.09 Å². The first-order chi connectivity index (χ1) is 16.2. The van der Waals surface area contributed by atoms with Gasteiger partial charge in [0.15, 0.2) is 0 Å². The number of piperazine rings is 1. The van der Waals surface area contributed by atoms with Gasteiger partial charge in [0, 0.05) is 49.7 Å². The number of carbonyl (C=O) groups excluding carboxylic acids is 2. The molecule has 1 aliphatic heterocycles. The number of aryl methyl sites for hydroxylation is 1. The van der Waals surface area contributed by atoms with Crippen LogP contribution in [0, 0.1) is 6.92 Å². The quantitative estimate of drug-likeness (QED) is 0.553. The van der Waals surface area contributed by atoms with Gasteiger partial charge in [0.05, 0.1) is 0 Å². The summed E-state index contributed by atoms with van der Waals surface area (Å²) in [5.41, 5.74) is 3.08. The molecule has 1 heterocycles. The molecule has 34 heavy (non-hydrogen) atoms. The third kappa shape index (κ3) is 8.37. The molecule has 1 fully saturated rings. The van der Waals surface area contributed by atoms with Crippen molar-refractivity contribution in [1.29, 1.82) is 0 Å². The van der Waals surface area contributed by atoms with E-state index in [1.54, 1.807) is 24.3 Å². The first kappa shape index (κ1) is 25.6. The summed E-state index contributed by atoms with van der Waals surface area (Å²) >= 11 is 0. The van der Waals surface area contributed by atoms with Gasteiger partial charge in [-0.05, 0) is 83.0 Å². The van der Waals surface area contributed by atoms with Crippen molar-refractivity contribution in [1.82, 2.24) is 10.2 Å². The van der Waals surface area contributed by atoms with E-state index in [9.17, 15) is 9.59 Å². The van der Waals surface area contributed by atoms with Crippen LogP contribution >= 0.6 is 0 Å². The zero-order valence-corrected chi connectivity index (χ0v) is 20.9. The molecule has 0 bridgehead atoms. The van der Waals surface area contributed by atoms with Crippen molar-refractivity contribution in [3.63, 3.8) is 0 Å². The molecule has 0 saturated carbocycles. The molecule has 0 atom stereocenters. The van der Waals surface area contributed by atoms with Gasteiger partial charge in [-0.2, -0.15) is 0 Å². The highest BCUT2D eigenvalue weighted by atomic mass is 16.6. The number of benzene rings is 2. The summed E-state index contributed by atoms with van der Waals surface area (Å²) in [6.45, 7) is 13.5. The Labute approximate surface area is 203 Å². The van der Waals surface area contributed by atoms with E-state index >= 15 is 0 Å². The third-order valence-corrected chi connectivity index (χ3v) is 5.70. The normalized spacial score (nSPS) is 14.5. The summed E-state index contributed by atoms with van der Waals surface area (Å²) in [4.78, 5) is 29.4. The second-order valence-electron chi connectivity index (χ2n) is 9.84. The second kappa shape index (κ2) is 11.9. The number of hydrogen-bond donors (Lipinski definition) is 2. The number of amides is 2. The number of rotatable bonds is 8. The zero-order valence-electron chi connectivity index (χ0n) is 20.9. The van der Waals surface area contributed by atoms with Crippen molar-refractivity contribution < 1.29 is 14.3 Å². The van der Waals surface area contributed by atoms with Crippen LogP contribution in [-0.4, -0.2) is 61.8 Å². The first-order valence-corrected chi connectivity index (χ1v) is 12.1. The molecular weight excluding hydrogens is 428 g/mol. The van der Waals surface area contributed by atoms with Crippen LogP contribution in [0.25, 0.3) is 0 Å². The fourth-order valence-corrected chi connectivity index (χ4v) is 3.98. The van der Waals surface area contributed by atoms with Crippen molar-refractivity contribution in [2.45, 2.75) is 46.1 Å². The molecule has 1 aliphatic rings. The standard InChI is InChI=1S/C27H38N4O3/c1-21-9-7-12-24(19-21)31-17-15-30(16-18-31)14-6-5-13-28-25(32)22-10-8-11-23(20-22)29-26(33)34-27(2,3)4/h7-12,19-20H,5-6,13-18H2,1-4H3,(H,28,32)(H,29,33). The summed E-state index contributed by atoms with van der Waals surface area (Å²) in [5.74, 6) is -0.139. The number of carbonyl (C=O) groups is 2. The fraction of sp³-hybridized carbons (Fsp3) is 0.481. The highest BCUT2D eigenvalue weighted by Gasteiger charge is 2.18. The number of nitrogens with one attached hydrogen (secondary N) is 2. The van der Waals surface area contributed by atoms with Crippen LogP contribution in [-0.2, 0) is 4.74 Å². The lowest BCUT2D eigenvalue weighted by Crippen LogP contribution is -2.46. The number of ether oxygens (including phenoxy) is 1. The maximum Gasteiger partial charge on any atom is 0.412 e. The predicted molar refractivity (Wildman–Crippen MR) is 138 cm³/mol. The number of anilines is 2. The van der Waals surface area contributed by atoms with Gasteiger partial charge < -0.3 is 15.0 Å². The number of hydrogen-bond acceptors (Lipinski definition) is 5. The van der Waals surface area contributed by atoms with Crippen molar-refractivity contribution in [2.24, 2.45) is 0 Å². The molecule has 0 aromatic heterocycles. The van der Waals surface area contributed by atoms with Gasteiger partial charge in [-0.15, -0.1) is 0 Å². The summed E-state index contributed by atoms with van der Waals surface area (Å²) in [6, 6.07) is 15.6. The Hall–Kier alpha value is -3.06. The van der Waals surface area contributed by atoms with Gasteiger partial charge in [0.1, 0.15) is 5.60 Å². The second-order valence-corrected chi connectivity index (χ2v) is 9.84. The molecule has 184 valence electrons. The fourth-order valence-electron chi connectivity index (χ4n) is 3.98. The van der Waals surface area contributed by atoms with E-state index in [4.69, 9.17) is 4.74 Å². The minimum absolute atomic E-state index is 0.139.